The zero-order valence-corrected chi connectivity index (χ0v) is 22.2. The average Bonchev–Trinajstić information content (AvgIpc) is 3.42. The van der Waals surface area contributed by atoms with Gasteiger partial charge in [-0.2, -0.15) is 16.8 Å². The van der Waals surface area contributed by atoms with Crippen molar-refractivity contribution in [3.05, 3.63) is 108 Å². The predicted molar refractivity (Wildman–Crippen MR) is 143 cm³/mol. The Morgan fingerprint density at radius 2 is 1.41 bits per heavy atom. The van der Waals surface area contributed by atoms with Crippen molar-refractivity contribution in [2.75, 3.05) is 0 Å². The minimum absolute atomic E-state index is 0.0370. The normalized spacial score (nSPS) is 24.1. The molecule has 39 heavy (non-hydrogen) atoms. The Labute approximate surface area is 226 Å². The van der Waals surface area contributed by atoms with Crippen LogP contribution in [0.15, 0.2) is 91.3 Å². The van der Waals surface area contributed by atoms with Crippen molar-refractivity contribution in [3.63, 3.8) is 0 Å². The molecule has 0 spiro atoms. The Kier molecular flexibility index (Phi) is 7.87. The maximum atomic E-state index is 12.1. The molecule has 1 heterocycles. The van der Waals surface area contributed by atoms with Crippen LogP contribution in [0, 0.1) is 0 Å². The first-order valence-electron chi connectivity index (χ1n) is 12.2. The molecule has 10 nitrogen and oxygen atoms in total. The van der Waals surface area contributed by atoms with Crippen molar-refractivity contribution < 1.29 is 39.0 Å². The summed E-state index contributed by atoms with van der Waals surface area (Å²) in [6, 6.07) is 23.8. The van der Waals surface area contributed by atoms with Gasteiger partial charge in [-0.3, -0.25) is 9.11 Å². The molecule has 0 aliphatic heterocycles. The van der Waals surface area contributed by atoms with E-state index in [4.69, 9.17) is 13.1 Å². The number of benzene rings is 3. The van der Waals surface area contributed by atoms with Crippen molar-refractivity contribution >= 4 is 31.6 Å². The highest BCUT2D eigenvalue weighted by molar-refractivity contribution is 7.81. The van der Waals surface area contributed by atoms with E-state index in [1.54, 1.807) is 30.6 Å². The van der Waals surface area contributed by atoms with E-state index in [1.165, 1.54) is 0 Å². The lowest BCUT2D eigenvalue weighted by atomic mass is 9.70. The molecule has 3 aromatic carbocycles. The molecule has 1 aromatic heterocycles. The van der Waals surface area contributed by atoms with Gasteiger partial charge in [0.1, 0.15) is 12.2 Å². The fourth-order valence-corrected chi connectivity index (χ4v) is 6.47. The molecule has 0 bridgehead atoms. The summed E-state index contributed by atoms with van der Waals surface area (Å²) in [5.74, 6) is -1.31. The molecule has 1 aliphatic carbocycles. The molecule has 12 heteroatoms. The minimum atomic E-state index is -5.11. The lowest BCUT2D eigenvalue weighted by Gasteiger charge is -2.45. The number of hydrogen-bond acceptors (Lipinski definition) is 7. The molecule has 0 radical (unpaired) electrons. The van der Waals surface area contributed by atoms with E-state index < -0.39 is 50.9 Å². The average molecular weight is 574 g/mol. The fraction of sp³-hybridized carbons (Fsp3) is 0.259. The lowest BCUT2D eigenvalue weighted by molar-refractivity contribution is -0.118. The monoisotopic (exact) mass is 573 g/mol. The van der Waals surface area contributed by atoms with Gasteiger partial charge < -0.3 is 9.72 Å². The van der Waals surface area contributed by atoms with Gasteiger partial charge in [0.2, 0.25) is 0 Å². The quantitative estimate of drug-likeness (QED) is 0.247. The molecule has 4 aromatic rings. The molecule has 1 saturated carbocycles. The van der Waals surface area contributed by atoms with Gasteiger partial charge in [-0.15, -0.1) is 0 Å². The number of H-pyrrole nitrogens is 1. The standard InChI is InChI=1S/C27H27NO9S2/c29-38(30,31)36-26-24(22-12-6-10-19-9-4-5-11-21(19)22)15-23(20-13-14-28-16-20)25(27(26)37-39(32,33)34)35-17-18-7-2-1-3-8-18/h1-14,16,23-28H,15,17H2,(H,29,30,31)(H,32,33,34)/t23-,24+,25-,26-,27+/m1/s1. The summed E-state index contributed by atoms with van der Waals surface area (Å²) in [7, 11) is -10.2. The minimum Gasteiger partial charge on any atom is -0.370 e. The summed E-state index contributed by atoms with van der Waals surface area (Å²) in [4.78, 5) is 2.99. The van der Waals surface area contributed by atoms with Crippen LogP contribution in [0.25, 0.3) is 10.8 Å². The third kappa shape index (κ3) is 6.56. The second-order valence-electron chi connectivity index (χ2n) is 9.40. The fourth-order valence-electron chi connectivity index (χ4n) is 5.45. The van der Waals surface area contributed by atoms with E-state index in [0.717, 1.165) is 21.9 Å². The van der Waals surface area contributed by atoms with Crippen molar-refractivity contribution in [1.29, 1.82) is 0 Å². The predicted octanol–water partition coefficient (Wildman–Crippen LogP) is 4.40. The first kappa shape index (κ1) is 27.5. The molecule has 1 aliphatic rings. The van der Waals surface area contributed by atoms with Crippen molar-refractivity contribution in [2.45, 2.75) is 43.2 Å². The second-order valence-corrected chi connectivity index (χ2v) is 11.5. The third-order valence-electron chi connectivity index (χ3n) is 6.97. The number of ether oxygens (including phenoxy) is 1. The van der Waals surface area contributed by atoms with Crippen LogP contribution in [0.4, 0.5) is 0 Å². The van der Waals surface area contributed by atoms with Crippen molar-refractivity contribution in [1.82, 2.24) is 4.98 Å². The van der Waals surface area contributed by atoms with Gasteiger partial charge in [0.05, 0.1) is 12.7 Å². The number of hydrogen-bond donors (Lipinski definition) is 3. The highest BCUT2D eigenvalue weighted by Crippen LogP contribution is 2.47. The van der Waals surface area contributed by atoms with E-state index >= 15 is 0 Å². The van der Waals surface area contributed by atoms with Crippen LogP contribution in [-0.2, 0) is 40.5 Å². The summed E-state index contributed by atoms with van der Waals surface area (Å²) in [5, 5.41) is 1.66. The summed E-state index contributed by atoms with van der Waals surface area (Å²) < 4.78 is 84.3. The highest BCUT2D eigenvalue weighted by atomic mass is 32.3. The summed E-state index contributed by atoms with van der Waals surface area (Å²) in [6.45, 7) is 0.0370. The topological polar surface area (TPSA) is 152 Å². The lowest BCUT2D eigenvalue weighted by Crippen LogP contribution is -2.54. The molecule has 0 saturated heterocycles. The van der Waals surface area contributed by atoms with Crippen LogP contribution in [-0.4, -0.2) is 49.2 Å². The first-order valence-corrected chi connectivity index (χ1v) is 14.9. The highest BCUT2D eigenvalue weighted by Gasteiger charge is 2.51. The zero-order chi connectivity index (χ0) is 27.6. The smallest absolute Gasteiger partial charge is 0.370 e. The number of nitrogens with one attached hydrogen (secondary N) is 1. The zero-order valence-electron chi connectivity index (χ0n) is 20.5. The molecule has 0 amide bonds. The van der Waals surface area contributed by atoms with E-state index in [1.807, 2.05) is 60.7 Å². The second kappa shape index (κ2) is 11.2. The van der Waals surface area contributed by atoms with Crippen LogP contribution in [0.2, 0.25) is 0 Å². The van der Waals surface area contributed by atoms with Gasteiger partial charge in [-0.25, -0.2) is 8.37 Å². The molecular formula is C27H27NO9S2. The number of aromatic amines is 1. The largest absolute Gasteiger partial charge is 0.397 e. The maximum Gasteiger partial charge on any atom is 0.397 e. The van der Waals surface area contributed by atoms with Crippen molar-refractivity contribution in [2.24, 2.45) is 0 Å². The summed E-state index contributed by atoms with van der Waals surface area (Å²) >= 11 is 0. The third-order valence-corrected chi connectivity index (χ3v) is 7.90. The molecule has 5 atom stereocenters. The number of fused-ring (bicyclic) bond motifs is 1. The Morgan fingerprint density at radius 1 is 0.744 bits per heavy atom. The van der Waals surface area contributed by atoms with Gasteiger partial charge >= 0.3 is 20.8 Å². The maximum absolute atomic E-state index is 12.1. The Morgan fingerprint density at radius 3 is 2.10 bits per heavy atom. The van der Waals surface area contributed by atoms with Gasteiger partial charge in [-0.1, -0.05) is 72.8 Å². The van der Waals surface area contributed by atoms with Gasteiger partial charge in [-0.05, 0) is 39.9 Å². The van der Waals surface area contributed by atoms with Crippen LogP contribution < -0.4 is 0 Å². The molecule has 206 valence electrons. The van der Waals surface area contributed by atoms with Crippen LogP contribution in [0.1, 0.15) is 34.9 Å². The Bertz CT molecular complexity index is 1620. The van der Waals surface area contributed by atoms with E-state index in [9.17, 15) is 25.9 Å². The van der Waals surface area contributed by atoms with Crippen LogP contribution in [0.3, 0.4) is 0 Å². The van der Waals surface area contributed by atoms with Gasteiger partial charge in [0.15, 0.2) is 0 Å². The Hall–Kier alpha value is -3.10. The summed E-state index contributed by atoms with van der Waals surface area (Å²) in [5.41, 5.74) is 2.19. The van der Waals surface area contributed by atoms with E-state index in [0.29, 0.717) is 5.56 Å². The molecule has 0 unspecified atom stereocenters. The van der Waals surface area contributed by atoms with E-state index in [2.05, 4.69) is 4.98 Å². The van der Waals surface area contributed by atoms with Gasteiger partial charge in [0, 0.05) is 24.2 Å². The first-order chi connectivity index (χ1) is 18.6. The number of rotatable bonds is 9. The Balaban J connectivity index is 1.66. The SMILES string of the molecule is O=S(=O)(O)O[C@H]1[C@H](OCc2ccccc2)[C@@H](c2cc[nH]c2)C[C@@H](c2cccc3ccccc23)[C@H]1OS(=O)(=O)O. The number of aromatic nitrogens is 1. The van der Waals surface area contributed by atoms with Gasteiger partial charge in [0.25, 0.3) is 0 Å². The van der Waals surface area contributed by atoms with Crippen LogP contribution in [0.5, 0.6) is 0 Å². The van der Waals surface area contributed by atoms with E-state index in [-0.39, 0.29) is 13.0 Å². The molecular weight excluding hydrogens is 546 g/mol. The molecule has 1 fully saturated rings. The molecule has 5 rings (SSSR count). The van der Waals surface area contributed by atoms with Crippen molar-refractivity contribution in [3.8, 4) is 0 Å². The summed E-state index contributed by atoms with van der Waals surface area (Å²) in [6.07, 6.45) is -0.627. The molecule has 3 N–H and O–H groups in total. The van der Waals surface area contributed by atoms with Crippen LogP contribution >= 0.6 is 0 Å².